The molecular weight excluding hydrogens is 255 g/mol. The summed E-state index contributed by atoms with van der Waals surface area (Å²) in [5.74, 6) is 0.608. The van der Waals surface area contributed by atoms with Crippen LogP contribution in [0.5, 0.6) is 5.75 Å². The fourth-order valence-corrected chi connectivity index (χ4v) is 2.59. The van der Waals surface area contributed by atoms with Gasteiger partial charge in [-0.05, 0) is 45.6 Å². The van der Waals surface area contributed by atoms with Crippen molar-refractivity contribution in [2.24, 2.45) is 0 Å². The van der Waals surface area contributed by atoms with E-state index in [0.717, 1.165) is 37.2 Å². The van der Waals surface area contributed by atoms with Gasteiger partial charge < -0.3 is 15.0 Å². The van der Waals surface area contributed by atoms with Crippen molar-refractivity contribution in [3.8, 4) is 5.75 Å². The number of nitrogens with zero attached hydrogens (tertiary/aromatic N) is 1. The molecule has 20 heavy (non-hydrogen) atoms. The van der Waals surface area contributed by atoms with Gasteiger partial charge in [-0.25, -0.2) is 4.39 Å². The Hall–Kier alpha value is -1.13. The van der Waals surface area contributed by atoms with Crippen LogP contribution in [0.3, 0.4) is 0 Å². The number of likely N-dealkylation sites (N-methyl/N-ethyl adjacent to an activating group) is 1. The fourth-order valence-electron chi connectivity index (χ4n) is 2.59. The molecule has 2 unspecified atom stereocenters. The monoisotopic (exact) mass is 280 g/mol. The lowest BCUT2D eigenvalue weighted by molar-refractivity contribution is 0.0438. The summed E-state index contributed by atoms with van der Waals surface area (Å²) in [5.41, 5.74) is 0.760. The molecule has 1 aliphatic rings. The predicted molar refractivity (Wildman–Crippen MR) is 79.6 cm³/mol. The Balaban J connectivity index is 2.19. The average Bonchev–Trinajstić information content (AvgIpc) is 2.39. The van der Waals surface area contributed by atoms with Gasteiger partial charge >= 0.3 is 0 Å². The molecule has 2 atom stereocenters. The topological polar surface area (TPSA) is 24.5 Å². The SMILES string of the molecule is CCC1(C)CC(NCCN(C)C)c2cc(F)ccc2O1. The van der Waals surface area contributed by atoms with E-state index in [1.54, 1.807) is 12.1 Å². The van der Waals surface area contributed by atoms with Crippen LogP contribution in [0.4, 0.5) is 4.39 Å². The average molecular weight is 280 g/mol. The van der Waals surface area contributed by atoms with E-state index in [2.05, 4.69) is 38.2 Å². The van der Waals surface area contributed by atoms with E-state index < -0.39 is 0 Å². The second kappa shape index (κ2) is 6.10. The van der Waals surface area contributed by atoms with Gasteiger partial charge in [-0.1, -0.05) is 6.92 Å². The molecule has 112 valence electrons. The first-order valence-corrected chi connectivity index (χ1v) is 7.30. The van der Waals surface area contributed by atoms with Crippen molar-refractivity contribution in [2.45, 2.75) is 38.3 Å². The highest BCUT2D eigenvalue weighted by molar-refractivity contribution is 5.39. The maximum absolute atomic E-state index is 13.5. The summed E-state index contributed by atoms with van der Waals surface area (Å²) in [6.45, 7) is 6.10. The summed E-state index contributed by atoms with van der Waals surface area (Å²) in [4.78, 5) is 2.14. The van der Waals surface area contributed by atoms with Gasteiger partial charge in [0, 0.05) is 31.1 Å². The van der Waals surface area contributed by atoms with E-state index in [-0.39, 0.29) is 17.5 Å². The standard InChI is InChI=1S/C16H25FN2O/c1-5-16(2)11-14(18-8-9-19(3)4)13-10-12(17)6-7-15(13)20-16/h6-7,10,14,18H,5,8-9,11H2,1-4H3. The molecule has 0 bridgehead atoms. The molecule has 1 aromatic carbocycles. The van der Waals surface area contributed by atoms with Crippen LogP contribution in [-0.2, 0) is 0 Å². The highest BCUT2D eigenvalue weighted by Gasteiger charge is 2.35. The molecule has 4 heteroatoms. The van der Waals surface area contributed by atoms with E-state index in [0.29, 0.717) is 0 Å². The minimum Gasteiger partial charge on any atom is -0.487 e. The van der Waals surface area contributed by atoms with E-state index in [1.165, 1.54) is 6.07 Å². The number of halogens is 1. The third kappa shape index (κ3) is 3.49. The van der Waals surface area contributed by atoms with Crippen molar-refractivity contribution < 1.29 is 9.13 Å². The molecule has 1 aromatic rings. The molecule has 0 radical (unpaired) electrons. The van der Waals surface area contributed by atoms with Crippen LogP contribution < -0.4 is 10.1 Å². The van der Waals surface area contributed by atoms with Gasteiger partial charge in [-0.2, -0.15) is 0 Å². The highest BCUT2D eigenvalue weighted by atomic mass is 19.1. The van der Waals surface area contributed by atoms with Gasteiger partial charge in [-0.15, -0.1) is 0 Å². The number of benzene rings is 1. The zero-order chi connectivity index (χ0) is 14.8. The van der Waals surface area contributed by atoms with Crippen molar-refractivity contribution in [2.75, 3.05) is 27.2 Å². The molecule has 0 saturated carbocycles. The van der Waals surface area contributed by atoms with Crippen molar-refractivity contribution in [1.82, 2.24) is 10.2 Å². The van der Waals surface area contributed by atoms with Gasteiger partial charge in [0.1, 0.15) is 17.2 Å². The zero-order valence-corrected chi connectivity index (χ0v) is 12.9. The van der Waals surface area contributed by atoms with Crippen LogP contribution in [0.2, 0.25) is 0 Å². The molecule has 0 spiro atoms. The maximum Gasteiger partial charge on any atom is 0.125 e. The normalized spacial score (nSPS) is 25.4. The lowest BCUT2D eigenvalue weighted by atomic mass is 9.86. The van der Waals surface area contributed by atoms with E-state index >= 15 is 0 Å². The molecular formula is C16H25FN2O. The fraction of sp³-hybridized carbons (Fsp3) is 0.625. The van der Waals surface area contributed by atoms with Crippen molar-refractivity contribution in [1.29, 1.82) is 0 Å². The summed E-state index contributed by atoms with van der Waals surface area (Å²) in [6.07, 6.45) is 1.81. The maximum atomic E-state index is 13.5. The van der Waals surface area contributed by atoms with Gasteiger partial charge in [0.2, 0.25) is 0 Å². The molecule has 0 amide bonds. The Morgan fingerprint density at radius 3 is 2.85 bits per heavy atom. The third-order valence-electron chi connectivity index (χ3n) is 4.04. The summed E-state index contributed by atoms with van der Waals surface area (Å²) >= 11 is 0. The Labute approximate surface area is 121 Å². The van der Waals surface area contributed by atoms with Crippen molar-refractivity contribution in [3.05, 3.63) is 29.6 Å². The van der Waals surface area contributed by atoms with Gasteiger partial charge in [0.15, 0.2) is 0 Å². The molecule has 1 heterocycles. The van der Waals surface area contributed by atoms with E-state index in [9.17, 15) is 4.39 Å². The van der Waals surface area contributed by atoms with Crippen LogP contribution in [0.15, 0.2) is 18.2 Å². The molecule has 2 rings (SSSR count). The number of hydrogen-bond donors (Lipinski definition) is 1. The lowest BCUT2D eigenvalue weighted by Gasteiger charge is -2.40. The first-order chi connectivity index (χ1) is 9.43. The number of hydrogen-bond acceptors (Lipinski definition) is 3. The van der Waals surface area contributed by atoms with Crippen LogP contribution in [0, 0.1) is 5.82 Å². The minimum absolute atomic E-state index is 0.152. The van der Waals surface area contributed by atoms with Gasteiger partial charge in [0.25, 0.3) is 0 Å². The molecule has 3 nitrogen and oxygen atoms in total. The molecule has 1 aliphatic heterocycles. The Morgan fingerprint density at radius 2 is 2.20 bits per heavy atom. The Bertz CT molecular complexity index is 464. The third-order valence-corrected chi connectivity index (χ3v) is 4.04. The summed E-state index contributed by atoms with van der Waals surface area (Å²) in [6, 6.07) is 4.97. The van der Waals surface area contributed by atoms with E-state index in [4.69, 9.17) is 4.74 Å². The number of rotatable bonds is 5. The largest absolute Gasteiger partial charge is 0.487 e. The van der Waals surface area contributed by atoms with Crippen molar-refractivity contribution >= 4 is 0 Å². The Morgan fingerprint density at radius 1 is 1.45 bits per heavy atom. The van der Waals surface area contributed by atoms with Crippen molar-refractivity contribution in [3.63, 3.8) is 0 Å². The first kappa shape index (κ1) is 15.3. The van der Waals surface area contributed by atoms with Crippen LogP contribution >= 0.6 is 0 Å². The number of nitrogens with one attached hydrogen (secondary N) is 1. The van der Waals surface area contributed by atoms with Crippen LogP contribution in [0.25, 0.3) is 0 Å². The molecule has 0 aromatic heterocycles. The lowest BCUT2D eigenvalue weighted by Crippen LogP contribution is -2.42. The smallest absolute Gasteiger partial charge is 0.125 e. The van der Waals surface area contributed by atoms with Crippen LogP contribution in [0.1, 0.15) is 38.3 Å². The van der Waals surface area contributed by atoms with Gasteiger partial charge in [-0.3, -0.25) is 0 Å². The Kier molecular flexibility index (Phi) is 4.66. The van der Waals surface area contributed by atoms with Gasteiger partial charge in [0.05, 0.1) is 0 Å². The first-order valence-electron chi connectivity index (χ1n) is 7.30. The summed E-state index contributed by atoms with van der Waals surface area (Å²) in [7, 11) is 4.10. The summed E-state index contributed by atoms with van der Waals surface area (Å²) < 4.78 is 19.6. The number of ether oxygens (including phenoxy) is 1. The molecule has 0 fully saturated rings. The predicted octanol–water partition coefficient (Wildman–Crippen LogP) is 2.97. The number of fused-ring (bicyclic) bond motifs is 1. The molecule has 0 saturated heterocycles. The highest BCUT2D eigenvalue weighted by Crippen LogP contribution is 2.41. The van der Waals surface area contributed by atoms with E-state index in [1.807, 2.05) is 0 Å². The second-order valence-corrected chi connectivity index (χ2v) is 6.10. The quantitative estimate of drug-likeness (QED) is 0.897. The van der Waals surface area contributed by atoms with Crippen LogP contribution in [-0.4, -0.2) is 37.7 Å². The summed E-state index contributed by atoms with van der Waals surface area (Å²) in [5, 5.41) is 3.54. The second-order valence-electron chi connectivity index (χ2n) is 6.10. The molecule has 1 N–H and O–H groups in total. The zero-order valence-electron chi connectivity index (χ0n) is 12.9. The molecule has 0 aliphatic carbocycles. The minimum atomic E-state index is -0.202.